The molecule has 9 heteroatoms. The van der Waals surface area contributed by atoms with E-state index in [2.05, 4.69) is 59.4 Å². The highest BCUT2D eigenvalue weighted by molar-refractivity contribution is 14.1. The molecular weight excluding hydrogens is 471 g/mol. The van der Waals surface area contributed by atoms with Gasteiger partial charge >= 0.3 is 0 Å². The van der Waals surface area contributed by atoms with Crippen molar-refractivity contribution in [3.8, 4) is 5.88 Å². The summed E-state index contributed by atoms with van der Waals surface area (Å²) < 4.78 is 0.959. The number of pyridine rings is 1. The van der Waals surface area contributed by atoms with Crippen LogP contribution in [0.25, 0.3) is 10.8 Å². The fraction of sp³-hybridized carbons (Fsp3) is 0.263. The quantitative estimate of drug-likeness (QED) is 0.432. The maximum atomic E-state index is 12.1. The van der Waals surface area contributed by atoms with Crippen LogP contribution in [0.15, 0.2) is 40.4 Å². The Kier molecular flexibility index (Phi) is 5.27. The summed E-state index contributed by atoms with van der Waals surface area (Å²) in [6.45, 7) is 3.84. The number of aliphatic imine (C=N–C) groups is 1. The number of fused-ring (bicyclic) bond motifs is 1. The van der Waals surface area contributed by atoms with E-state index in [4.69, 9.17) is 0 Å². The molecule has 0 aliphatic carbocycles. The van der Waals surface area contributed by atoms with Gasteiger partial charge in [-0.15, -0.1) is 0 Å². The number of anilines is 1. The lowest BCUT2D eigenvalue weighted by Crippen LogP contribution is -2.44. The van der Waals surface area contributed by atoms with Crippen molar-refractivity contribution < 1.29 is 5.11 Å². The summed E-state index contributed by atoms with van der Waals surface area (Å²) in [5.41, 5.74) is 0.107. The first-order valence-corrected chi connectivity index (χ1v) is 9.93. The number of aromatic nitrogens is 3. The van der Waals surface area contributed by atoms with Crippen LogP contribution in [0, 0.1) is 3.57 Å². The van der Waals surface area contributed by atoms with Gasteiger partial charge in [-0.2, -0.15) is 0 Å². The van der Waals surface area contributed by atoms with Gasteiger partial charge in [0, 0.05) is 46.7 Å². The molecule has 1 aromatic carbocycles. The van der Waals surface area contributed by atoms with Crippen molar-refractivity contribution in [3.63, 3.8) is 0 Å². The molecule has 0 unspecified atom stereocenters. The highest BCUT2D eigenvalue weighted by Crippen LogP contribution is 2.23. The van der Waals surface area contributed by atoms with Crippen LogP contribution in [0.4, 0.5) is 11.6 Å². The third-order valence-electron chi connectivity index (χ3n) is 4.78. The first kappa shape index (κ1) is 18.8. The molecule has 8 nitrogen and oxygen atoms in total. The molecule has 3 aromatic rings. The fourth-order valence-corrected chi connectivity index (χ4v) is 3.64. The van der Waals surface area contributed by atoms with Gasteiger partial charge in [-0.1, -0.05) is 0 Å². The molecule has 3 heterocycles. The van der Waals surface area contributed by atoms with Crippen LogP contribution in [-0.4, -0.2) is 64.4 Å². The molecule has 28 heavy (non-hydrogen) atoms. The normalized spacial score (nSPS) is 15.6. The molecule has 0 bridgehead atoms. The average Bonchev–Trinajstić information content (AvgIpc) is 2.68. The summed E-state index contributed by atoms with van der Waals surface area (Å²) in [5.74, 6) is 1.05. The van der Waals surface area contributed by atoms with E-state index in [1.54, 1.807) is 18.5 Å². The number of H-pyrrole nitrogens is 1. The Hall–Kier alpha value is -2.53. The Balaban J connectivity index is 1.61. The van der Waals surface area contributed by atoms with E-state index in [0.29, 0.717) is 22.2 Å². The van der Waals surface area contributed by atoms with Crippen molar-refractivity contribution in [2.45, 2.75) is 0 Å². The summed E-state index contributed by atoms with van der Waals surface area (Å²) in [6, 6.07) is 5.42. The molecule has 0 atom stereocenters. The Labute approximate surface area is 175 Å². The van der Waals surface area contributed by atoms with Crippen molar-refractivity contribution in [2.24, 2.45) is 4.99 Å². The smallest absolute Gasteiger partial charge is 0.258 e. The number of aromatic hydroxyl groups is 1. The predicted octanol–water partition coefficient (Wildman–Crippen LogP) is 2.13. The third-order valence-corrected chi connectivity index (χ3v) is 5.45. The minimum Gasteiger partial charge on any atom is -0.494 e. The Bertz CT molecular complexity index is 1090. The van der Waals surface area contributed by atoms with Gasteiger partial charge < -0.3 is 14.9 Å². The Morgan fingerprint density at radius 3 is 2.68 bits per heavy atom. The Morgan fingerprint density at radius 2 is 1.96 bits per heavy atom. The van der Waals surface area contributed by atoms with Crippen LogP contribution in [0.3, 0.4) is 0 Å². The molecule has 0 amide bonds. The molecule has 0 spiro atoms. The van der Waals surface area contributed by atoms with Gasteiger partial charge in [0.15, 0.2) is 5.82 Å². The first-order chi connectivity index (χ1) is 13.5. The van der Waals surface area contributed by atoms with Crippen molar-refractivity contribution in [1.82, 2.24) is 19.9 Å². The van der Waals surface area contributed by atoms with Crippen LogP contribution in [0.5, 0.6) is 5.88 Å². The maximum absolute atomic E-state index is 12.1. The Morgan fingerprint density at radius 1 is 1.18 bits per heavy atom. The van der Waals surface area contributed by atoms with E-state index in [1.165, 1.54) is 6.21 Å². The minimum atomic E-state index is -0.336. The van der Waals surface area contributed by atoms with Gasteiger partial charge in [0.25, 0.3) is 5.56 Å². The van der Waals surface area contributed by atoms with Crippen molar-refractivity contribution in [2.75, 3.05) is 38.1 Å². The lowest BCUT2D eigenvalue weighted by molar-refractivity contribution is 0.312. The number of aromatic amines is 1. The van der Waals surface area contributed by atoms with Crippen molar-refractivity contribution in [1.29, 1.82) is 0 Å². The standard InChI is InChI=1S/C19H19IN6O2/c1-25-4-6-26(7-5-25)17-11-22-16(10-23-17)21-9-15-14-8-12(20)2-3-13(14)18(27)24-19(15)28/h2-3,8-11H,4-7H2,1H3,(H2,24,27,28)/b21-9-. The van der Waals surface area contributed by atoms with E-state index >= 15 is 0 Å². The van der Waals surface area contributed by atoms with E-state index in [0.717, 1.165) is 35.6 Å². The summed E-state index contributed by atoms with van der Waals surface area (Å²) in [7, 11) is 2.11. The van der Waals surface area contributed by atoms with Crippen LogP contribution in [0.1, 0.15) is 5.56 Å². The fourth-order valence-electron chi connectivity index (χ4n) is 3.15. The number of hydrogen-bond acceptors (Lipinski definition) is 7. The molecule has 0 radical (unpaired) electrons. The average molecular weight is 490 g/mol. The van der Waals surface area contributed by atoms with E-state index in [9.17, 15) is 9.90 Å². The van der Waals surface area contributed by atoms with Gasteiger partial charge in [-0.25, -0.2) is 15.0 Å². The van der Waals surface area contributed by atoms with Crippen LogP contribution in [0.2, 0.25) is 0 Å². The molecule has 2 N–H and O–H groups in total. The number of hydrogen-bond donors (Lipinski definition) is 2. The van der Waals surface area contributed by atoms with Gasteiger partial charge in [0.05, 0.1) is 18.0 Å². The zero-order chi connectivity index (χ0) is 19.7. The first-order valence-electron chi connectivity index (χ1n) is 8.85. The number of piperazine rings is 1. The van der Waals surface area contributed by atoms with E-state index in [-0.39, 0.29) is 11.4 Å². The number of likely N-dealkylation sites (N-methyl/N-ethyl adjacent to an activating group) is 1. The summed E-state index contributed by atoms with van der Waals surface area (Å²) in [6.07, 6.45) is 4.83. The zero-order valence-corrected chi connectivity index (χ0v) is 17.4. The van der Waals surface area contributed by atoms with Gasteiger partial charge in [-0.3, -0.25) is 9.78 Å². The zero-order valence-electron chi connectivity index (χ0n) is 15.3. The van der Waals surface area contributed by atoms with Gasteiger partial charge in [-0.05, 0) is 47.8 Å². The second-order valence-corrected chi connectivity index (χ2v) is 7.93. The number of halogens is 1. The molecule has 144 valence electrons. The SMILES string of the molecule is CN1CCN(c2cnc(/N=C\c3c(O)[nH]c(=O)c4ccc(I)cc34)cn2)CC1. The molecule has 1 aliphatic heterocycles. The monoisotopic (exact) mass is 490 g/mol. The lowest BCUT2D eigenvalue weighted by Gasteiger charge is -2.32. The van der Waals surface area contributed by atoms with E-state index < -0.39 is 0 Å². The molecular formula is C19H19IN6O2. The lowest BCUT2D eigenvalue weighted by atomic mass is 10.1. The second kappa shape index (κ2) is 7.84. The molecule has 0 saturated carbocycles. The number of nitrogens with one attached hydrogen (secondary N) is 1. The molecule has 1 saturated heterocycles. The molecule has 2 aromatic heterocycles. The van der Waals surface area contributed by atoms with Crippen LogP contribution in [-0.2, 0) is 0 Å². The second-order valence-electron chi connectivity index (χ2n) is 6.69. The van der Waals surface area contributed by atoms with Gasteiger partial charge in [0.2, 0.25) is 5.88 Å². The summed E-state index contributed by atoms with van der Waals surface area (Å²) in [4.78, 5) is 32.1. The number of nitrogens with zero attached hydrogens (tertiary/aromatic N) is 5. The van der Waals surface area contributed by atoms with Crippen molar-refractivity contribution in [3.05, 3.63) is 50.1 Å². The molecule has 4 rings (SSSR count). The highest BCUT2D eigenvalue weighted by atomic mass is 127. The topological polar surface area (TPSA) is 97.7 Å². The highest BCUT2D eigenvalue weighted by Gasteiger charge is 2.15. The summed E-state index contributed by atoms with van der Waals surface area (Å²) in [5, 5.41) is 11.3. The number of rotatable bonds is 3. The molecule has 1 fully saturated rings. The minimum absolute atomic E-state index is 0.217. The van der Waals surface area contributed by atoms with Gasteiger partial charge in [0.1, 0.15) is 5.82 Å². The molecule has 1 aliphatic rings. The number of benzene rings is 1. The van der Waals surface area contributed by atoms with Crippen LogP contribution >= 0.6 is 22.6 Å². The van der Waals surface area contributed by atoms with Crippen LogP contribution < -0.4 is 10.5 Å². The third kappa shape index (κ3) is 3.85. The maximum Gasteiger partial charge on any atom is 0.258 e. The summed E-state index contributed by atoms with van der Waals surface area (Å²) >= 11 is 2.17. The van der Waals surface area contributed by atoms with E-state index in [1.807, 2.05) is 12.1 Å². The van der Waals surface area contributed by atoms with Crippen molar-refractivity contribution >= 4 is 51.2 Å². The predicted molar refractivity (Wildman–Crippen MR) is 118 cm³/mol. The largest absolute Gasteiger partial charge is 0.494 e.